The monoisotopic (exact) mass is 479 g/mol. The smallest absolute Gasteiger partial charge is 0.326 e. The summed E-state index contributed by atoms with van der Waals surface area (Å²) in [5, 5.41) is 5.41. The molecule has 1 saturated heterocycles. The number of aryl methyl sites for hydroxylation is 1. The Morgan fingerprint density at radius 3 is 2.37 bits per heavy atom. The highest BCUT2D eigenvalue weighted by Crippen LogP contribution is 2.38. The van der Waals surface area contributed by atoms with Crippen LogP contribution < -0.4 is 15.4 Å². The molecule has 1 heterocycles. The van der Waals surface area contributed by atoms with Crippen molar-refractivity contribution < 1.29 is 28.7 Å². The van der Waals surface area contributed by atoms with Crippen LogP contribution in [-0.2, 0) is 19.1 Å². The molecule has 2 N–H and O–H groups in total. The Hall–Kier alpha value is -3.88. The molecule has 2 aromatic rings. The molecule has 2 aromatic carbocycles. The maximum absolute atomic E-state index is 12.9. The van der Waals surface area contributed by atoms with Gasteiger partial charge in [-0.1, -0.05) is 37.5 Å². The van der Waals surface area contributed by atoms with Gasteiger partial charge < -0.3 is 20.1 Å². The van der Waals surface area contributed by atoms with E-state index in [0.29, 0.717) is 23.6 Å². The summed E-state index contributed by atoms with van der Waals surface area (Å²) in [6, 6.07) is 13.8. The first kappa shape index (κ1) is 24.3. The van der Waals surface area contributed by atoms with Crippen LogP contribution in [0.5, 0.6) is 11.5 Å². The predicted octanol–water partition coefficient (Wildman–Crippen LogP) is 3.77. The zero-order valence-corrected chi connectivity index (χ0v) is 19.8. The van der Waals surface area contributed by atoms with Crippen molar-refractivity contribution in [3.8, 4) is 11.5 Å². The Balaban J connectivity index is 1.24. The summed E-state index contributed by atoms with van der Waals surface area (Å²) in [6.07, 6.45) is 3.24. The van der Waals surface area contributed by atoms with Crippen LogP contribution in [0, 0.1) is 12.8 Å². The number of nitrogens with zero attached hydrogens (tertiary/aromatic N) is 1. The van der Waals surface area contributed by atoms with E-state index in [1.54, 1.807) is 24.3 Å². The van der Waals surface area contributed by atoms with Crippen molar-refractivity contribution in [3.63, 3.8) is 0 Å². The predicted molar refractivity (Wildman–Crippen MR) is 128 cm³/mol. The van der Waals surface area contributed by atoms with E-state index < -0.39 is 42.5 Å². The molecule has 2 fully saturated rings. The molecule has 35 heavy (non-hydrogen) atoms. The highest BCUT2D eigenvalue weighted by molar-refractivity contribution is 6.09. The average molecular weight is 480 g/mol. The van der Waals surface area contributed by atoms with Gasteiger partial charge in [0, 0.05) is 5.69 Å². The van der Waals surface area contributed by atoms with Crippen molar-refractivity contribution in [1.82, 2.24) is 10.2 Å². The maximum atomic E-state index is 12.9. The molecule has 1 spiro atoms. The Kier molecular flexibility index (Phi) is 7.04. The first-order valence-electron chi connectivity index (χ1n) is 11.7. The molecule has 2 aliphatic rings. The van der Waals surface area contributed by atoms with Gasteiger partial charge in [-0.2, -0.15) is 0 Å². The molecule has 1 aliphatic carbocycles. The number of carbonyl (C=O) groups excluding carboxylic acids is 4. The minimum absolute atomic E-state index is 0.00632. The van der Waals surface area contributed by atoms with Crippen LogP contribution >= 0.6 is 0 Å². The fourth-order valence-electron chi connectivity index (χ4n) is 4.51. The Bertz CT molecular complexity index is 1110. The number of carbonyl (C=O) groups is 4. The number of ether oxygens (including phenoxy) is 2. The molecule has 0 radical (unpaired) electrons. The van der Waals surface area contributed by atoms with E-state index in [-0.39, 0.29) is 5.92 Å². The van der Waals surface area contributed by atoms with Crippen LogP contribution in [0.1, 0.15) is 38.2 Å². The van der Waals surface area contributed by atoms with E-state index in [4.69, 9.17) is 9.47 Å². The zero-order valence-electron chi connectivity index (χ0n) is 19.8. The van der Waals surface area contributed by atoms with Crippen LogP contribution in [0.25, 0.3) is 0 Å². The zero-order chi connectivity index (χ0) is 25.0. The number of hydrogen-bond acceptors (Lipinski definition) is 6. The maximum Gasteiger partial charge on any atom is 0.326 e. The van der Waals surface area contributed by atoms with Gasteiger partial charge in [0.2, 0.25) is 0 Å². The molecule has 9 nitrogen and oxygen atoms in total. The van der Waals surface area contributed by atoms with Gasteiger partial charge in [-0.15, -0.1) is 0 Å². The second-order valence-corrected chi connectivity index (χ2v) is 9.09. The van der Waals surface area contributed by atoms with E-state index in [2.05, 4.69) is 10.6 Å². The standard InChI is InChI=1S/C26H29N3O6/c1-17-6-10-20(11-7-17)35-21-12-8-19(9-13-21)27-22(30)16-34-23(31)15-29-24(32)26(28-25(29)33)14-4-3-5-18(26)2/h6-13,18H,3-5,14-16H2,1-2H3,(H,27,30)(H,28,33). The summed E-state index contributed by atoms with van der Waals surface area (Å²) in [5.41, 5.74) is 0.696. The lowest BCUT2D eigenvalue weighted by atomic mass is 9.73. The van der Waals surface area contributed by atoms with Gasteiger partial charge in [-0.25, -0.2) is 4.79 Å². The van der Waals surface area contributed by atoms with Crippen LogP contribution in [0.2, 0.25) is 0 Å². The van der Waals surface area contributed by atoms with Gasteiger partial charge in [0.1, 0.15) is 23.6 Å². The highest BCUT2D eigenvalue weighted by atomic mass is 16.5. The number of benzene rings is 2. The highest BCUT2D eigenvalue weighted by Gasteiger charge is 2.55. The molecule has 0 aromatic heterocycles. The molecular formula is C26H29N3O6. The number of hydrogen-bond donors (Lipinski definition) is 2. The molecule has 2 atom stereocenters. The second kappa shape index (κ2) is 10.2. The molecule has 4 rings (SSSR count). The summed E-state index contributed by atoms with van der Waals surface area (Å²) < 4.78 is 10.8. The van der Waals surface area contributed by atoms with Gasteiger partial charge in [0.05, 0.1) is 0 Å². The lowest BCUT2D eigenvalue weighted by Gasteiger charge is -2.36. The third-order valence-electron chi connectivity index (χ3n) is 6.55. The molecule has 1 saturated carbocycles. The van der Waals surface area contributed by atoms with Gasteiger partial charge >= 0.3 is 12.0 Å². The number of nitrogens with one attached hydrogen (secondary N) is 2. The van der Waals surface area contributed by atoms with E-state index in [1.807, 2.05) is 38.1 Å². The minimum atomic E-state index is -0.942. The average Bonchev–Trinajstić information content (AvgIpc) is 3.07. The second-order valence-electron chi connectivity index (χ2n) is 9.09. The van der Waals surface area contributed by atoms with E-state index in [9.17, 15) is 19.2 Å². The van der Waals surface area contributed by atoms with E-state index in [0.717, 1.165) is 29.7 Å². The topological polar surface area (TPSA) is 114 Å². The normalized spacial score (nSPS) is 21.5. The number of imide groups is 1. The van der Waals surface area contributed by atoms with Crippen molar-refractivity contribution in [1.29, 1.82) is 0 Å². The van der Waals surface area contributed by atoms with E-state index in [1.165, 1.54) is 0 Å². The van der Waals surface area contributed by atoms with Gasteiger partial charge in [0.25, 0.3) is 11.8 Å². The van der Waals surface area contributed by atoms with Crippen molar-refractivity contribution in [3.05, 3.63) is 54.1 Å². The quantitative estimate of drug-likeness (QED) is 0.462. The fourth-order valence-corrected chi connectivity index (χ4v) is 4.51. The summed E-state index contributed by atoms with van der Waals surface area (Å²) in [7, 11) is 0. The first-order valence-corrected chi connectivity index (χ1v) is 11.7. The lowest BCUT2D eigenvalue weighted by Crippen LogP contribution is -2.54. The molecule has 1 aliphatic heterocycles. The van der Waals surface area contributed by atoms with Gasteiger partial charge in [-0.05, 0) is 62.1 Å². The molecule has 4 amide bonds. The van der Waals surface area contributed by atoms with Gasteiger partial charge in [-0.3, -0.25) is 19.3 Å². The molecule has 0 bridgehead atoms. The summed E-state index contributed by atoms with van der Waals surface area (Å²) in [6.45, 7) is 2.86. The Labute approximate surface area is 203 Å². The number of amides is 4. The summed E-state index contributed by atoms with van der Waals surface area (Å²) >= 11 is 0. The van der Waals surface area contributed by atoms with Crippen LogP contribution in [0.4, 0.5) is 10.5 Å². The number of anilines is 1. The third-order valence-corrected chi connectivity index (χ3v) is 6.55. The molecule has 9 heteroatoms. The van der Waals surface area contributed by atoms with Crippen molar-refractivity contribution in [2.24, 2.45) is 5.92 Å². The first-order chi connectivity index (χ1) is 16.8. The van der Waals surface area contributed by atoms with Crippen LogP contribution in [-0.4, -0.2) is 47.4 Å². The minimum Gasteiger partial charge on any atom is -0.457 e. The fraction of sp³-hybridized carbons (Fsp3) is 0.385. The summed E-state index contributed by atoms with van der Waals surface area (Å²) in [5.74, 6) is -0.464. The third kappa shape index (κ3) is 5.45. The van der Waals surface area contributed by atoms with Crippen LogP contribution in [0.3, 0.4) is 0 Å². The van der Waals surface area contributed by atoms with Crippen molar-refractivity contribution in [2.45, 2.75) is 45.1 Å². The molecule has 184 valence electrons. The lowest BCUT2D eigenvalue weighted by molar-refractivity contribution is -0.150. The SMILES string of the molecule is Cc1ccc(Oc2ccc(NC(=O)COC(=O)CN3C(=O)NC4(CCCCC4C)C3=O)cc2)cc1. The Morgan fingerprint density at radius 1 is 1.06 bits per heavy atom. The van der Waals surface area contributed by atoms with E-state index >= 15 is 0 Å². The Morgan fingerprint density at radius 2 is 1.71 bits per heavy atom. The van der Waals surface area contributed by atoms with Gasteiger partial charge in [0.15, 0.2) is 6.61 Å². The largest absolute Gasteiger partial charge is 0.457 e. The van der Waals surface area contributed by atoms with Crippen molar-refractivity contribution >= 4 is 29.5 Å². The number of urea groups is 1. The molecule has 2 unspecified atom stereocenters. The summed E-state index contributed by atoms with van der Waals surface area (Å²) in [4.78, 5) is 50.6. The van der Waals surface area contributed by atoms with Crippen molar-refractivity contribution in [2.75, 3.05) is 18.5 Å². The number of rotatable bonds is 7. The number of esters is 1. The van der Waals surface area contributed by atoms with Crippen LogP contribution in [0.15, 0.2) is 48.5 Å². The molecular weight excluding hydrogens is 450 g/mol.